The Morgan fingerprint density at radius 3 is 2.36 bits per heavy atom. The van der Waals surface area contributed by atoms with Gasteiger partial charge in [0, 0.05) is 4.47 Å². The van der Waals surface area contributed by atoms with Gasteiger partial charge in [-0.25, -0.2) is 4.79 Å². The summed E-state index contributed by atoms with van der Waals surface area (Å²) >= 11 is 3.53. The number of carbonyl (C=O) groups excluding carboxylic acids is 2. The van der Waals surface area contributed by atoms with Gasteiger partial charge in [0.2, 0.25) is 0 Å². The Bertz CT molecular complexity index is 1370. The molecule has 0 saturated heterocycles. The molecule has 0 unspecified atom stereocenters. The zero-order valence-electron chi connectivity index (χ0n) is 18.4. The van der Waals surface area contributed by atoms with Crippen LogP contribution in [0, 0.1) is 6.92 Å². The van der Waals surface area contributed by atoms with Crippen LogP contribution < -0.4 is 10.1 Å². The Labute approximate surface area is 200 Å². The van der Waals surface area contributed by atoms with Gasteiger partial charge < -0.3 is 14.8 Å². The van der Waals surface area contributed by atoms with Crippen molar-refractivity contribution in [1.82, 2.24) is 0 Å². The number of halogens is 1. The molecule has 4 aromatic carbocycles. The Kier molecular flexibility index (Phi) is 6.47. The van der Waals surface area contributed by atoms with Crippen molar-refractivity contribution in [2.75, 3.05) is 19.5 Å². The number of benzene rings is 4. The van der Waals surface area contributed by atoms with Crippen molar-refractivity contribution in [1.29, 1.82) is 0 Å². The summed E-state index contributed by atoms with van der Waals surface area (Å²) in [5.74, 6) is -0.375. The van der Waals surface area contributed by atoms with Crippen molar-refractivity contribution in [3.63, 3.8) is 0 Å². The smallest absolute Gasteiger partial charge is 0.337 e. The van der Waals surface area contributed by atoms with Crippen molar-refractivity contribution in [2.24, 2.45) is 0 Å². The molecule has 0 aliphatic rings. The van der Waals surface area contributed by atoms with Crippen molar-refractivity contribution in [3.8, 4) is 16.9 Å². The second-order valence-electron chi connectivity index (χ2n) is 7.52. The fourth-order valence-electron chi connectivity index (χ4n) is 3.91. The molecule has 0 bridgehead atoms. The summed E-state index contributed by atoms with van der Waals surface area (Å²) in [6.45, 7) is 1.95. The van der Waals surface area contributed by atoms with E-state index >= 15 is 0 Å². The van der Waals surface area contributed by atoms with Gasteiger partial charge in [0.25, 0.3) is 5.91 Å². The summed E-state index contributed by atoms with van der Waals surface area (Å²) in [5, 5.41) is 4.76. The van der Waals surface area contributed by atoms with E-state index in [4.69, 9.17) is 9.47 Å². The fourth-order valence-corrected chi connectivity index (χ4v) is 4.27. The van der Waals surface area contributed by atoms with Gasteiger partial charge in [-0.1, -0.05) is 52.3 Å². The maximum Gasteiger partial charge on any atom is 0.337 e. The second-order valence-corrected chi connectivity index (χ2v) is 8.43. The molecule has 0 fully saturated rings. The van der Waals surface area contributed by atoms with E-state index in [2.05, 4.69) is 27.3 Å². The predicted molar refractivity (Wildman–Crippen MR) is 134 cm³/mol. The third kappa shape index (κ3) is 4.47. The highest BCUT2D eigenvalue weighted by atomic mass is 79.9. The molecule has 0 radical (unpaired) electrons. The summed E-state index contributed by atoms with van der Waals surface area (Å²) in [5.41, 5.74) is 4.27. The van der Waals surface area contributed by atoms with E-state index in [9.17, 15) is 9.59 Å². The molecule has 4 aromatic rings. The first-order valence-corrected chi connectivity index (χ1v) is 11.1. The molecule has 0 aliphatic carbocycles. The number of nitrogens with one attached hydrogen (secondary N) is 1. The van der Waals surface area contributed by atoms with Crippen LogP contribution in [0.25, 0.3) is 21.9 Å². The SMILES string of the molecule is COC(=O)c1ccc(NC(=O)c2c(C)c(-c3ccccc3)cc3ccc(Br)cc23)c(OC)c1. The van der Waals surface area contributed by atoms with Gasteiger partial charge in [-0.2, -0.15) is 0 Å². The number of esters is 1. The molecule has 6 heteroatoms. The van der Waals surface area contributed by atoms with Crippen molar-refractivity contribution in [3.05, 3.63) is 94.0 Å². The van der Waals surface area contributed by atoms with Gasteiger partial charge in [-0.05, 0) is 70.8 Å². The van der Waals surface area contributed by atoms with Crippen LogP contribution in [0.5, 0.6) is 5.75 Å². The van der Waals surface area contributed by atoms with E-state index in [0.29, 0.717) is 22.6 Å². The van der Waals surface area contributed by atoms with Gasteiger partial charge in [-0.15, -0.1) is 0 Å². The first kappa shape index (κ1) is 22.6. The Hall–Kier alpha value is -3.64. The summed E-state index contributed by atoms with van der Waals surface area (Å²) in [7, 11) is 2.80. The number of ether oxygens (including phenoxy) is 2. The molecule has 1 N–H and O–H groups in total. The maximum absolute atomic E-state index is 13.6. The van der Waals surface area contributed by atoms with E-state index in [0.717, 1.165) is 31.9 Å². The topological polar surface area (TPSA) is 64.6 Å². The quantitative estimate of drug-likeness (QED) is 0.310. The third-order valence-electron chi connectivity index (χ3n) is 5.55. The lowest BCUT2D eigenvalue weighted by molar-refractivity contribution is 0.0600. The highest BCUT2D eigenvalue weighted by molar-refractivity contribution is 9.10. The van der Waals surface area contributed by atoms with Crippen LogP contribution in [-0.2, 0) is 4.74 Å². The maximum atomic E-state index is 13.6. The molecule has 166 valence electrons. The second kappa shape index (κ2) is 9.46. The molecule has 0 aliphatic heterocycles. The number of anilines is 1. The largest absolute Gasteiger partial charge is 0.495 e. The number of rotatable bonds is 5. The van der Waals surface area contributed by atoms with Gasteiger partial charge in [-0.3, -0.25) is 4.79 Å². The Morgan fingerprint density at radius 2 is 1.67 bits per heavy atom. The first-order chi connectivity index (χ1) is 15.9. The fraction of sp³-hybridized carbons (Fsp3) is 0.111. The molecule has 1 amide bonds. The molecule has 0 atom stereocenters. The molecule has 0 heterocycles. The zero-order chi connectivity index (χ0) is 23.5. The van der Waals surface area contributed by atoms with E-state index in [1.807, 2.05) is 55.5 Å². The number of fused-ring (bicyclic) bond motifs is 1. The molecular weight excluding hydrogens is 482 g/mol. The van der Waals surface area contributed by atoms with Crippen LogP contribution in [0.3, 0.4) is 0 Å². The zero-order valence-corrected chi connectivity index (χ0v) is 20.0. The first-order valence-electron chi connectivity index (χ1n) is 10.3. The molecule has 0 saturated carbocycles. The van der Waals surface area contributed by atoms with Gasteiger partial charge in [0.1, 0.15) is 5.75 Å². The average Bonchev–Trinajstić information content (AvgIpc) is 2.83. The number of carbonyl (C=O) groups is 2. The molecule has 33 heavy (non-hydrogen) atoms. The molecular formula is C27H22BrNO4. The lowest BCUT2D eigenvalue weighted by atomic mass is 9.91. The molecule has 5 nitrogen and oxygen atoms in total. The van der Waals surface area contributed by atoms with Crippen molar-refractivity contribution < 1.29 is 19.1 Å². The van der Waals surface area contributed by atoms with Crippen LogP contribution in [0.2, 0.25) is 0 Å². The van der Waals surface area contributed by atoms with E-state index in [1.54, 1.807) is 18.2 Å². The normalized spacial score (nSPS) is 10.7. The summed E-state index contributed by atoms with van der Waals surface area (Å²) < 4.78 is 11.1. The summed E-state index contributed by atoms with van der Waals surface area (Å²) in [6, 6.07) is 22.8. The predicted octanol–water partition coefficient (Wildman–Crippen LogP) is 6.63. The molecule has 4 rings (SSSR count). The third-order valence-corrected chi connectivity index (χ3v) is 6.04. The highest BCUT2D eigenvalue weighted by Gasteiger charge is 2.20. The average molecular weight is 504 g/mol. The minimum absolute atomic E-state index is 0.266. The van der Waals surface area contributed by atoms with Gasteiger partial charge >= 0.3 is 5.97 Å². The lowest BCUT2D eigenvalue weighted by Crippen LogP contribution is -2.15. The van der Waals surface area contributed by atoms with Crippen molar-refractivity contribution >= 4 is 44.3 Å². The minimum atomic E-state index is -0.478. The van der Waals surface area contributed by atoms with Crippen LogP contribution >= 0.6 is 15.9 Å². The van der Waals surface area contributed by atoms with Crippen LogP contribution in [0.15, 0.2) is 77.3 Å². The summed E-state index contributed by atoms with van der Waals surface area (Å²) in [6.07, 6.45) is 0. The van der Waals surface area contributed by atoms with E-state index in [-0.39, 0.29) is 5.91 Å². The highest BCUT2D eigenvalue weighted by Crippen LogP contribution is 2.35. The van der Waals surface area contributed by atoms with Crippen LogP contribution in [0.4, 0.5) is 5.69 Å². The number of hydrogen-bond donors (Lipinski definition) is 1. The molecule has 0 spiro atoms. The Balaban J connectivity index is 1.84. The van der Waals surface area contributed by atoms with Crippen molar-refractivity contribution in [2.45, 2.75) is 6.92 Å². The van der Waals surface area contributed by atoms with Gasteiger partial charge in [0.05, 0.1) is 31.0 Å². The monoisotopic (exact) mass is 503 g/mol. The number of hydrogen-bond acceptors (Lipinski definition) is 4. The van der Waals surface area contributed by atoms with E-state index in [1.165, 1.54) is 14.2 Å². The van der Waals surface area contributed by atoms with E-state index < -0.39 is 5.97 Å². The minimum Gasteiger partial charge on any atom is -0.495 e. The lowest BCUT2D eigenvalue weighted by Gasteiger charge is -2.17. The Morgan fingerprint density at radius 1 is 0.909 bits per heavy atom. The van der Waals surface area contributed by atoms with Gasteiger partial charge in [0.15, 0.2) is 0 Å². The molecule has 0 aromatic heterocycles. The standard InChI is InChI=1S/C27H22BrNO4/c1-16-21(17-7-5-4-6-8-17)13-18-9-11-20(28)15-22(18)25(16)26(30)29-23-12-10-19(27(31)33-3)14-24(23)32-2/h4-15H,1-3H3,(H,29,30). The number of methoxy groups -OCH3 is 2. The number of amides is 1. The summed E-state index contributed by atoms with van der Waals surface area (Å²) in [4.78, 5) is 25.5. The van der Waals surface area contributed by atoms with Crippen LogP contribution in [0.1, 0.15) is 26.3 Å². The van der Waals surface area contributed by atoms with Crippen LogP contribution in [-0.4, -0.2) is 26.1 Å².